The second kappa shape index (κ2) is 7.45. The van der Waals surface area contributed by atoms with Crippen molar-refractivity contribution in [3.05, 3.63) is 57.5 Å². The van der Waals surface area contributed by atoms with Crippen molar-refractivity contribution in [3.8, 4) is 0 Å². The molecule has 2 aromatic rings. The summed E-state index contributed by atoms with van der Waals surface area (Å²) in [4.78, 5) is 16.0. The second-order valence-corrected chi connectivity index (χ2v) is 7.62. The van der Waals surface area contributed by atoms with Gasteiger partial charge in [-0.05, 0) is 53.6 Å². The Morgan fingerprint density at radius 3 is 2.79 bits per heavy atom. The molecule has 0 unspecified atom stereocenters. The molecule has 0 bridgehead atoms. The zero-order valence-electron chi connectivity index (χ0n) is 14.1. The third kappa shape index (κ3) is 3.68. The molecule has 1 amide bonds. The highest BCUT2D eigenvalue weighted by Crippen LogP contribution is 2.37. The van der Waals surface area contributed by atoms with E-state index in [0.717, 1.165) is 18.5 Å². The van der Waals surface area contributed by atoms with Crippen molar-refractivity contribution in [2.75, 3.05) is 19.6 Å². The van der Waals surface area contributed by atoms with E-state index in [1.54, 1.807) is 23.5 Å². The summed E-state index contributed by atoms with van der Waals surface area (Å²) in [5, 5.41) is 5.31. The zero-order chi connectivity index (χ0) is 17.1. The summed E-state index contributed by atoms with van der Waals surface area (Å²) in [6, 6.07) is 8.48. The van der Waals surface area contributed by atoms with E-state index in [-0.39, 0.29) is 17.8 Å². The highest BCUT2D eigenvalue weighted by molar-refractivity contribution is 7.10. The summed E-state index contributed by atoms with van der Waals surface area (Å²) in [5.74, 6) is 0.355. The van der Waals surface area contributed by atoms with Gasteiger partial charge in [0.15, 0.2) is 0 Å². The number of carbonyl (C=O) groups is 1. The Morgan fingerprint density at radius 1 is 1.33 bits per heavy atom. The monoisotopic (exact) mass is 346 g/mol. The minimum absolute atomic E-state index is 0.0989. The van der Waals surface area contributed by atoms with Crippen molar-refractivity contribution in [2.45, 2.75) is 26.3 Å². The summed E-state index contributed by atoms with van der Waals surface area (Å²) in [5.41, 5.74) is 2.14. The molecule has 0 aliphatic carbocycles. The third-order valence-electron chi connectivity index (χ3n) is 4.30. The van der Waals surface area contributed by atoms with Crippen LogP contribution in [0.1, 0.15) is 35.9 Å². The van der Waals surface area contributed by atoms with Gasteiger partial charge in [-0.2, -0.15) is 0 Å². The first kappa shape index (κ1) is 17.1. The van der Waals surface area contributed by atoms with Gasteiger partial charge in [-0.1, -0.05) is 26.0 Å². The molecule has 5 heteroatoms. The predicted molar refractivity (Wildman–Crippen MR) is 95.7 cm³/mol. The lowest BCUT2D eigenvalue weighted by atomic mass is 9.93. The molecule has 24 heavy (non-hydrogen) atoms. The minimum Gasteiger partial charge on any atom is -0.330 e. The normalized spacial score (nSPS) is 17.2. The van der Waals surface area contributed by atoms with Crippen molar-refractivity contribution in [1.82, 2.24) is 10.2 Å². The molecular weight excluding hydrogens is 323 g/mol. The predicted octanol–water partition coefficient (Wildman–Crippen LogP) is 3.61. The fraction of sp³-hybridized carbons (Fsp3) is 0.421. The minimum atomic E-state index is -0.253. The van der Waals surface area contributed by atoms with Crippen molar-refractivity contribution < 1.29 is 9.18 Å². The molecule has 0 saturated carbocycles. The maximum atomic E-state index is 13.3. The maximum absolute atomic E-state index is 13.3. The van der Waals surface area contributed by atoms with Crippen LogP contribution in [0.15, 0.2) is 35.7 Å². The maximum Gasteiger partial charge on any atom is 0.237 e. The average molecular weight is 346 g/mol. The number of rotatable bonds is 5. The first-order valence-electron chi connectivity index (χ1n) is 8.38. The van der Waals surface area contributed by atoms with E-state index in [1.807, 2.05) is 4.90 Å². The fourth-order valence-corrected chi connectivity index (χ4v) is 4.06. The van der Waals surface area contributed by atoms with Gasteiger partial charge in [0, 0.05) is 11.4 Å². The van der Waals surface area contributed by atoms with Crippen LogP contribution in [-0.2, 0) is 11.2 Å². The Kier molecular flexibility index (Phi) is 5.31. The molecule has 1 aromatic carbocycles. The van der Waals surface area contributed by atoms with Crippen LogP contribution in [0.25, 0.3) is 0 Å². The van der Waals surface area contributed by atoms with Crippen LogP contribution >= 0.6 is 11.3 Å². The Morgan fingerprint density at radius 2 is 2.08 bits per heavy atom. The Hall–Kier alpha value is -1.72. The zero-order valence-corrected chi connectivity index (χ0v) is 14.9. The molecule has 2 heterocycles. The SMILES string of the molecule is CC(C)CNCC(=O)N1CCc2sccc2[C@@H]1c1ccc(F)cc1. The van der Waals surface area contributed by atoms with Crippen LogP contribution in [-0.4, -0.2) is 30.4 Å². The first-order chi connectivity index (χ1) is 11.6. The number of nitrogens with one attached hydrogen (secondary N) is 1. The summed E-state index contributed by atoms with van der Waals surface area (Å²) >= 11 is 1.73. The van der Waals surface area contributed by atoms with Crippen LogP contribution < -0.4 is 5.32 Å². The van der Waals surface area contributed by atoms with E-state index < -0.39 is 0 Å². The van der Waals surface area contributed by atoms with Crippen LogP contribution in [0.2, 0.25) is 0 Å². The van der Waals surface area contributed by atoms with Crippen LogP contribution in [0.4, 0.5) is 4.39 Å². The molecule has 1 N–H and O–H groups in total. The molecule has 3 rings (SSSR count). The van der Waals surface area contributed by atoms with Gasteiger partial charge >= 0.3 is 0 Å². The molecule has 1 aromatic heterocycles. The molecule has 0 fully saturated rings. The van der Waals surface area contributed by atoms with E-state index in [2.05, 4.69) is 30.6 Å². The van der Waals surface area contributed by atoms with E-state index >= 15 is 0 Å². The molecule has 0 spiro atoms. The molecule has 3 nitrogen and oxygen atoms in total. The van der Waals surface area contributed by atoms with E-state index in [4.69, 9.17) is 0 Å². The van der Waals surface area contributed by atoms with Crippen molar-refractivity contribution in [2.24, 2.45) is 5.92 Å². The number of fused-ring (bicyclic) bond motifs is 1. The molecule has 0 radical (unpaired) electrons. The summed E-state index contributed by atoms with van der Waals surface area (Å²) in [7, 11) is 0. The first-order valence-corrected chi connectivity index (χ1v) is 9.26. The number of nitrogens with zero attached hydrogens (tertiary/aromatic N) is 1. The lowest BCUT2D eigenvalue weighted by Crippen LogP contribution is -2.44. The molecule has 128 valence electrons. The van der Waals surface area contributed by atoms with Gasteiger partial charge < -0.3 is 10.2 Å². The largest absolute Gasteiger partial charge is 0.330 e. The van der Waals surface area contributed by atoms with Crippen LogP contribution in [0.5, 0.6) is 0 Å². The summed E-state index contributed by atoms with van der Waals surface area (Å²) < 4.78 is 13.3. The van der Waals surface area contributed by atoms with Crippen LogP contribution in [0.3, 0.4) is 0 Å². The number of hydrogen-bond donors (Lipinski definition) is 1. The Labute approximate surface area is 146 Å². The topological polar surface area (TPSA) is 32.3 Å². The Bertz CT molecular complexity index is 696. The molecule has 1 atom stereocenters. The highest BCUT2D eigenvalue weighted by atomic mass is 32.1. The van der Waals surface area contributed by atoms with Gasteiger partial charge in [-0.15, -0.1) is 11.3 Å². The van der Waals surface area contributed by atoms with Gasteiger partial charge in [-0.3, -0.25) is 4.79 Å². The van der Waals surface area contributed by atoms with Crippen molar-refractivity contribution in [1.29, 1.82) is 0 Å². The molecule has 1 aliphatic rings. The standard InChI is InChI=1S/C19H23FN2OS/c1-13(2)11-21-12-18(23)22-9-7-17-16(8-10-24-17)19(22)14-3-5-15(20)6-4-14/h3-6,8,10,13,19,21H,7,9,11-12H2,1-2H3/t19-/m0/s1. The number of amides is 1. The van der Waals surface area contributed by atoms with Gasteiger partial charge in [0.05, 0.1) is 12.6 Å². The van der Waals surface area contributed by atoms with Crippen molar-refractivity contribution >= 4 is 17.2 Å². The quantitative estimate of drug-likeness (QED) is 0.897. The van der Waals surface area contributed by atoms with Crippen molar-refractivity contribution in [3.63, 3.8) is 0 Å². The van der Waals surface area contributed by atoms with Gasteiger partial charge in [0.2, 0.25) is 5.91 Å². The fourth-order valence-electron chi connectivity index (χ4n) is 3.16. The number of carbonyl (C=O) groups excluding carboxylic acids is 1. The third-order valence-corrected chi connectivity index (χ3v) is 5.30. The number of thiophene rings is 1. The molecule has 0 saturated heterocycles. The van der Waals surface area contributed by atoms with Gasteiger partial charge in [0.25, 0.3) is 0 Å². The lowest BCUT2D eigenvalue weighted by molar-refractivity contribution is -0.132. The van der Waals surface area contributed by atoms with E-state index in [1.165, 1.54) is 22.6 Å². The number of halogens is 1. The second-order valence-electron chi connectivity index (χ2n) is 6.62. The number of hydrogen-bond acceptors (Lipinski definition) is 3. The van der Waals surface area contributed by atoms with Gasteiger partial charge in [-0.25, -0.2) is 4.39 Å². The van der Waals surface area contributed by atoms with E-state index in [9.17, 15) is 9.18 Å². The average Bonchev–Trinajstić information content (AvgIpc) is 3.03. The highest BCUT2D eigenvalue weighted by Gasteiger charge is 2.32. The van der Waals surface area contributed by atoms with E-state index in [0.29, 0.717) is 19.0 Å². The van der Waals surface area contributed by atoms with Gasteiger partial charge in [0.1, 0.15) is 5.82 Å². The summed E-state index contributed by atoms with van der Waals surface area (Å²) in [6.07, 6.45) is 0.889. The summed E-state index contributed by atoms with van der Waals surface area (Å²) in [6.45, 7) is 6.12. The Balaban J connectivity index is 1.84. The molecular formula is C19H23FN2OS. The van der Waals surface area contributed by atoms with Crippen LogP contribution in [0, 0.1) is 11.7 Å². The lowest BCUT2D eigenvalue weighted by Gasteiger charge is -2.36. The molecule has 1 aliphatic heterocycles. The number of benzene rings is 1. The smallest absolute Gasteiger partial charge is 0.237 e.